The van der Waals surface area contributed by atoms with Crippen molar-refractivity contribution in [2.75, 3.05) is 0 Å². The van der Waals surface area contributed by atoms with Gasteiger partial charge in [-0.05, 0) is 47.8 Å². The first-order chi connectivity index (χ1) is 6.00. The molecule has 2 bridgehead atoms. The van der Waals surface area contributed by atoms with Gasteiger partial charge in [0.25, 0.3) is 0 Å². The van der Waals surface area contributed by atoms with Crippen LogP contribution >= 0.6 is 0 Å². The Labute approximate surface area is 81.1 Å². The van der Waals surface area contributed by atoms with E-state index in [9.17, 15) is 0 Å². The fraction of sp³-hybridized carbons (Fsp3) is 1.00. The van der Waals surface area contributed by atoms with Gasteiger partial charge in [-0.25, -0.2) is 0 Å². The van der Waals surface area contributed by atoms with Crippen LogP contribution in [0.15, 0.2) is 0 Å². The first-order valence-electron chi connectivity index (χ1n) is 5.76. The predicted octanol–water partition coefficient (Wildman–Crippen LogP) is 2.55. The topological polar surface area (TPSA) is 26.0 Å². The number of hydrogen-bond acceptors (Lipinski definition) is 1. The average molecular weight is 179 g/mol. The zero-order chi connectivity index (χ0) is 9.48. The number of nitrogens with two attached hydrogens (primary N) is 1. The molecule has 0 aromatic heterocycles. The van der Waals surface area contributed by atoms with E-state index in [1.807, 2.05) is 0 Å². The van der Waals surface area contributed by atoms with Gasteiger partial charge >= 0.3 is 0 Å². The van der Waals surface area contributed by atoms with E-state index in [0.717, 1.165) is 5.92 Å². The molecule has 1 nitrogen and oxygen atoms in total. The molecule has 0 radical (unpaired) electrons. The molecule has 1 spiro atoms. The van der Waals surface area contributed by atoms with E-state index in [4.69, 9.17) is 5.73 Å². The third-order valence-electron chi connectivity index (χ3n) is 6.17. The van der Waals surface area contributed by atoms with Gasteiger partial charge in [0, 0.05) is 6.04 Å². The molecule has 4 saturated carbocycles. The van der Waals surface area contributed by atoms with Crippen LogP contribution in [0.3, 0.4) is 0 Å². The molecule has 0 amide bonds. The van der Waals surface area contributed by atoms with Crippen LogP contribution < -0.4 is 5.73 Å². The van der Waals surface area contributed by atoms with E-state index in [1.54, 1.807) is 0 Å². The molecule has 4 aliphatic carbocycles. The molecule has 0 aliphatic heterocycles. The van der Waals surface area contributed by atoms with Gasteiger partial charge in [-0.3, -0.25) is 0 Å². The van der Waals surface area contributed by atoms with Crippen molar-refractivity contribution >= 4 is 0 Å². The summed E-state index contributed by atoms with van der Waals surface area (Å²) >= 11 is 0. The molecule has 4 atom stereocenters. The summed E-state index contributed by atoms with van der Waals surface area (Å²) in [5.74, 6) is 0.935. The summed E-state index contributed by atoms with van der Waals surface area (Å²) in [7, 11) is 0. The minimum Gasteiger partial charge on any atom is -0.327 e. The quantitative estimate of drug-likeness (QED) is 0.657. The molecule has 0 aromatic rings. The maximum absolute atomic E-state index is 6.30. The highest BCUT2D eigenvalue weighted by molar-refractivity contribution is 5.33. The Morgan fingerprint density at radius 2 is 2.08 bits per heavy atom. The maximum Gasteiger partial charge on any atom is 0.0104 e. The van der Waals surface area contributed by atoms with Gasteiger partial charge in [-0.15, -0.1) is 0 Å². The number of rotatable bonds is 1. The highest BCUT2D eigenvalue weighted by atomic mass is 14.9. The summed E-state index contributed by atoms with van der Waals surface area (Å²) in [5.41, 5.74) is 8.15. The van der Waals surface area contributed by atoms with Gasteiger partial charge in [0.15, 0.2) is 0 Å². The number of hydrogen-bond donors (Lipinski definition) is 1. The van der Waals surface area contributed by atoms with E-state index in [1.165, 1.54) is 25.7 Å². The Bertz CT molecular complexity index is 268. The zero-order valence-corrected chi connectivity index (χ0v) is 9.06. The van der Waals surface area contributed by atoms with Crippen LogP contribution in [-0.4, -0.2) is 6.04 Å². The van der Waals surface area contributed by atoms with Crippen molar-refractivity contribution in [2.45, 2.75) is 52.5 Å². The van der Waals surface area contributed by atoms with Gasteiger partial charge in [-0.1, -0.05) is 20.8 Å². The molecule has 2 N–H and O–H groups in total. The first kappa shape index (κ1) is 8.28. The normalized spacial score (nSPS) is 60.9. The lowest BCUT2D eigenvalue weighted by Crippen LogP contribution is -2.59. The van der Waals surface area contributed by atoms with Gasteiger partial charge in [0.1, 0.15) is 0 Å². The molecule has 13 heavy (non-hydrogen) atoms. The van der Waals surface area contributed by atoms with E-state index >= 15 is 0 Å². The lowest BCUT2D eigenvalue weighted by molar-refractivity contribution is -0.122. The van der Waals surface area contributed by atoms with Crippen LogP contribution in [0, 0.1) is 22.2 Å². The third kappa shape index (κ3) is 0.562. The summed E-state index contributed by atoms with van der Waals surface area (Å²) in [4.78, 5) is 0. The van der Waals surface area contributed by atoms with Gasteiger partial charge in [-0.2, -0.15) is 0 Å². The molecular weight excluding hydrogens is 158 g/mol. The molecule has 4 aliphatic rings. The SMILES string of the molecule is CCC12CC13CC(C[C@@H]2N)C3(C)C. The van der Waals surface area contributed by atoms with Crippen molar-refractivity contribution < 1.29 is 0 Å². The van der Waals surface area contributed by atoms with Crippen molar-refractivity contribution in [2.24, 2.45) is 27.9 Å². The fourth-order valence-electron chi connectivity index (χ4n) is 4.96. The van der Waals surface area contributed by atoms with Crippen molar-refractivity contribution in [3.63, 3.8) is 0 Å². The minimum atomic E-state index is 0.518. The second kappa shape index (κ2) is 1.84. The molecule has 3 unspecified atom stereocenters. The average Bonchev–Trinajstić information content (AvgIpc) is 2.79. The van der Waals surface area contributed by atoms with Gasteiger partial charge in [0.2, 0.25) is 0 Å². The molecular formula is C12H21N. The van der Waals surface area contributed by atoms with Crippen molar-refractivity contribution in [3.05, 3.63) is 0 Å². The molecule has 0 saturated heterocycles. The number of fused-ring (bicyclic) bond motifs is 1. The Kier molecular flexibility index (Phi) is 1.17. The lowest BCUT2D eigenvalue weighted by Gasteiger charge is -2.62. The largest absolute Gasteiger partial charge is 0.327 e. The van der Waals surface area contributed by atoms with E-state index in [2.05, 4.69) is 20.8 Å². The fourth-order valence-corrected chi connectivity index (χ4v) is 4.96. The van der Waals surface area contributed by atoms with Crippen LogP contribution in [0.25, 0.3) is 0 Å². The van der Waals surface area contributed by atoms with Gasteiger partial charge in [0.05, 0.1) is 0 Å². The Balaban J connectivity index is 2.02. The predicted molar refractivity (Wildman–Crippen MR) is 54.3 cm³/mol. The van der Waals surface area contributed by atoms with Crippen LogP contribution in [-0.2, 0) is 0 Å². The van der Waals surface area contributed by atoms with E-state index < -0.39 is 0 Å². The molecule has 4 fully saturated rings. The second-order valence-corrected chi connectivity index (χ2v) is 6.23. The standard InChI is InChI=1S/C12H21N/c1-4-11-7-12(11)6-8(5-9(11)13)10(12,2)3/h8-9H,4-7,13H2,1-3H3/t8?,9-,11?,12?/m0/s1. The van der Waals surface area contributed by atoms with Crippen molar-refractivity contribution in [3.8, 4) is 0 Å². The van der Waals surface area contributed by atoms with Crippen LogP contribution in [0.4, 0.5) is 0 Å². The van der Waals surface area contributed by atoms with E-state index in [-0.39, 0.29) is 0 Å². The summed E-state index contributed by atoms with van der Waals surface area (Å²) in [6, 6.07) is 0.518. The monoisotopic (exact) mass is 179 g/mol. The summed E-state index contributed by atoms with van der Waals surface area (Å²) in [6.07, 6.45) is 5.52. The molecule has 0 aromatic carbocycles. The molecule has 74 valence electrons. The lowest BCUT2D eigenvalue weighted by atomic mass is 9.43. The van der Waals surface area contributed by atoms with Crippen molar-refractivity contribution in [1.82, 2.24) is 0 Å². The van der Waals surface area contributed by atoms with Crippen molar-refractivity contribution in [1.29, 1.82) is 0 Å². The highest BCUT2D eigenvalue weighted by Gasteiger charge is 2.83. The molecule has 0 heterocycles. The van der Waals surface area contributed by atoms with E-state index in [0.29, 0.717) is 22.3 Å². The molecule has 1 heteroatoms. The summed E-state index contributed by atoms with van der Waals surface area (Å²) in [5, 5.41) is 0. The maximum atomic E-state index is 6.30. The Morgan fingerprint density at radius 1 is 1.38 bits per heavy atom. The highest BCUT2D eigenvalue weighted by Crippen LogP contribution is 2.88. The Hall–Kier alpha value is -0.0400. The Morgan fingerprint density at radius 3 is 2.54 bits per heavy atom. The summed E-state index contributed by atoms with van der Waals surface area (Å²) < 4.78 is 0. The first-order valence-corrected chi connectivity index (χ1v) is 5.76. The van der Waals surface area contributed by atoms with Crippen LogP contribution in [0.5, 0.6) is 0 Å². The second-order valence-electron chi connectivity index (χ2n) is 6.23. The molecule has 4 rings (SSSR count). The van der Waals surface area contributed by atoms with Crippen LogP contribution in [0.1, 0.15) is 46.5 Å². The smallest absolute Gasteiger partial charge is 0.0104 e. The zero-order valence-electron chi connectivity index (χ0n) is 9.06. The minimum absolute atomic E-state index is 0.518. The third-order valence-corrected chi connectivity index (χ3v) is 6.17. The summed E-state index contributed by atoms with van der Waals surface area (Å²) in [6.45, 7) is 7.29. The van der Waals surface area contributed by atoms with Crippen LogP contribution in [0.2, 0.25) is 0 Å². The van der Waals surface area contributed by atoms with Gasteiger partial charge < -0.3 is 5.73 Å².